The summed E-state index contributed by atoms with van der Waals surface area (Å²) in [4.78, 5) is 11.8. The zero-order valence-electron chi connectivity index (χ0n) is 12.9. The van der Waals surface area contributed by atoms with Crippen molar-refractivity contribution in [3.8, 4) is 0 Å². The fraction of sp³-hybridized carbons (Fsp3) is 0.526. The molecule has 2 nitrogen and oxygen atoms in total. The minimum absolute atomic E-state index is 0.138. The van der Waals surface area contributed by atoms with Gasteiger partial charge >= 0.3 is 0 Å². The molecule has 21 heavy (non-hydrogen) atoms. The topological polar surface area (TPSA) is 29.1 Å². The molecule has 0 saturated carbocycles. The SMILES string of the molecule is O=C1CCCCCCCCCC/C=C/c2ccc(cc2)N1. The molecule has 2 heterocycles. The van der Waals surface area contributed by atoms with E-state index in [0.29, 0.717) is 6.42 Å². The van der Waals surface area contributed by atoms with Crippen LogP contribution in [0.15, 0.2) is 30.3 Å². The molecule has 114 valence electrons. The average molecular weight is 285 g/mol. The molecule has 3 rings (SSSR count). The predicted octanol–water partition coefficient (Wildman–Crippen LogP) is 5.55. The summed E-state index contributed by atoms with van der Waals surface area (Å²) in [5.41, 5.74) is 2.10. The molecule has 0 atom stereocenters. The van der Waals surface area contributed by atoms with Gasteiger partial charge in [-0.05, 0) is 37.0 Å². The molecule has 1 aromatic rings. The van der Waals surface area contributed by atoms with Crippen LogP contribution in [0.5, 0.6) is 0 Å². The highest BCUT2D eigenvalue weighted by Gasteiger charge is 2.02. The first kappa shape index (κ1) is 15.8. The van der Waals surface area contributed by atoms with E-state index in [9.17, 15) is 4.79 Å². The van der Waals surface area contributed by atoms with Crippen LogP contribution in [0.3, 0.4) is 0 Å². The molecule has 2 aliphatic heterocycles. The molecular weight excluding hydrogens is 258 g/mol. The summed E-state index contributed by atoms with van der Waals surface area (Å²) in [6.07, 6.45) is 16.3. The number of fused-ring (bicyclic) bond motifs is 14. The van der Waals surface area contributed by atoms with E-state index in [0.717, 1.165) is 12.1 Å². The number of amides is 1. The van der Waals surface area contributed by atoms with Crippen LogP contribution in [0.25, 0.3) is 6.08 Å². The van der Waals surface area contributed by atoms with E-state index in [1.807, 2.05) is 12.1 Å². The fourth-order valence-corrected chi connectivity index (χ4v) is 2.73. The second kappa shape index (κ2) is 9.38. The molecule has 2 aliphatic rings. The van der Waals surface area contributed by atoms with Crippen LogP contribution < -0.4 is 5.32 Å². The van der Waals surface area contributed by atoms with Crippen LogP contribution >= 0.6 is 0 Å². The zero-order chi connectivity index (χ0) is 14.8. The van der Waals surface area contributed by atoms with Crippen molar-refractivity contribution >= 4 is 17.7 Å². The van der Waals surface area contributed by atoms with Crippen molar-refractivity contribution in [1.82, 2.24) is 0 Å². The van der Waals surface area contributed by atoms with Crippen LogP contribution in [0, 0.1) is 0 Å². The molecule has 1 amide bonds. The molecule has 0 spiro atoms. The molecule has 0 aliphatic carbocycles. The van der Waals surface area contributed by atoms with Gasteiger partial charge in [0, 0.05) is 12.1 Å². The Morgan fingerprint density at radius 1 is 0.762 bits per heavy atom. The minimum atomic E-state index is 0.138. The summed E-state index contributed by atoms with van der Waals surface area (Å²) in [6.45, 7) is 0. The van der Waals surface area contributed by atoms with E-state index >= 15 is 0 Å². The molecule has 0 aromatic heterocycles. The second-order valence-corrected chi connectivity index (χ2v) is 5.94. The standard InChI is InChI=1S/C19H27NO/c21-19-12-10-8-6-4-2-1-3-5-7-9-11-17-13-15-18(20-19)16-14-17/h9,11,13-16H,1-8,10,12H2,(H,20,21)/b11-9+. The molecule has 1 aromatic carbocycles. The maximum Gasteiger partial charge on any atom is 0.224 e. The number of rotatable bonds is 0. The Bertz CT molecular complexity index is 447. The van der Waals surface area contributed by atoms with Gasteiger partial charge in [-0.3, -0.25) is 4.79 Å². The van der Waals surface area contributed by atoms with Gasteiger partial charge in [0.2, 0.25) is 5.91 Å². The fourth-order valence-electron chi connectivity index (χ4n) is 2.73. The van der Waals surface area contributed by atoms with Crippen LogP contribution in [0.1, 0.15) is 69.8 Å². The molecule has 0 fully saturated rings. The normalized spacial score (nSPS) is 20.3. The third-order valence-electron chi connectivity index (χ3n) is 4.03. The van der Waals surface area contributed by atoms with Crippen LogP contribution in [0.4, 0.5) is 5.69 Å². The van der Waals surface area contributed by atoms with Crippen molar-refractivity contribution in [2.75, 3.05) is 5.32 Å². The van der Waals surface area contributed by atoms with Crippen molar-refractivity contribution in [2.24, 2.45) is 0 Å². The number of carbonyl (C=O) groups excluding carboxylic acids is 1. The first-order chi connectivity index (χ1) is 10.3. The van der Waals surface area contributed by atoms with Gasteiger partial charge in [0.05, 0.1) is 0 Å². The highest BCUT2D eigenvalue weighted by atomic mass is 16.1. The van der Waals surface area contributed by atoms with Gasteiger partial charge in [-0.2, -0.15) is 0 Å². The van der Waals surface area contributed by atoms with Crippen LogP contribution in [-0.4, -0.2) is 5.91 Å². The number of anilines is 1. The highest BCUT2D eigenvalue weighted by molar-refractivity contribution is 5.90. The van der Waals surface area contributed by atoms with Crippen molar-refractivity contribution in [1.29, 1.82) is 0 Å². The predicted molar refractivity (Wildman–Crippen MR) is 90.3 cm³/mol. The first-order valence-electron chi connectivity index (χ1n) is 8.41. The van der Waals surface area contributed by atoms with Gasteiger partial charge < -0.3 is 5.32 Å². The van der Waals surface area contributed by atoms with Gasteiger partial charge in [0.1, 0.15) is 0 Å². The lowest BCUT2D eigenvalue weighted by molar-refractivity contribution is -0.116. The largest absolute Gasteiger partial charge is 0.326 e. The summed E-state index contributed by atoms with van der Waals surface area (Å²) >= 11 is 0. The molecular formula is C19H27NO. The minimum Gasteiger partial charge on any atom is -0.326 e. The Balaban J connectivity index is 1.92. The van der Waals surface area contributed by atoms with Gasteiger partial charge in [-0.25, -0.2) is 0 Å². The summed E-state index contributed by atoms with van der Waals surface area (Å²) < 4.78 is 0. The number of carbonyl (C=O) groups is 1. The number of hydrogen-bond donors (Lipinski definition) is 1. The number of benzene rings is 1. The third-order valence-corrected chi connectivity index (χ3v) is 4.03. The Labute approximate surface area is 128 Å². The molecule has 0 saturated heterocycles. The van der Waals surface area contributed by atoms with Crippen LogP contribution in [-0.2, 0) is 4.79 Å². The molecule has 0 unspecified atom stereocenters. The lowest BCUT2D eigenvalue weighted by Gasteiger charge is -2.06. The highest BCUT2D eigenvalue weighted by Crippen LogP contribution is 2.15. The molecule has 2 heteroatoms. The molecule has 0 radical (unpaired) electrons. The van der Waals surface area contributed by atoms with E-state index in [-0.39, 0.29) is 5.91 Å². The lowest BCUT2D eigenvalue weighted by atomic mass is 10.1. The molecule has 2 bridgehead atoms. The number of nitrogens with one attached hydrogen (secondary N) is 1. The van der Waals surface area contributed by atoms with E-state index < -0.39 is 0 Å². The van der Waals surface area contributed by atoms with Crippen molar-refractivity contribution in [2.45, 2.75) is 64.2 Å². The summed E-state index contributed by atoms with van der Waals surface area (Å²) in [6, 6.07) is 8.10. The van der Waals surface area contributed by atoms with Crippen LogP contribution in [0.2, 0.25) is 0 Å². The maximum atomic E-state index is 11.8. The van der Waals surface area contributed by atoms with Gasteiger partial charge in [-0.1, -0.05) is 62.8 Å². The zero-order valence-corrected chi connectivity index (χ0v) is 12.9. The van der Waals surface area contributed by atoms with Crippen molar-refractivity contribution in [3.05, 3.63) is 35.9 Å². The van der Waals surface area contributed by atoms with Gasteiger partial charge in [-0.15, -0.1) is 0 Å². The van der Waals surface area contributed by atoms with Gasteiger partial charge in [0.25, 0.3) is 0 Å². The smallest absolute Gasteiger partial charge is 0.224 e. The summed E-state index contributed by atoms with van der Waals surface area (Å²) in [5.74, 6) is 0.138. The lowest BCUT2D eigenvalue weighted by Crippen LogP contribution is -2.10. The van der Waals surface area contributed by atoms with E-state index in [1.165, 1.54) is 56.9 Å². The van der Waals surface area contributed by atoms with Crippen molar-refractivity contribution < 1.29 is 4.79 Å². The number of hydrogen-bond acceptors (Lipinski definition) is 1. The third kappa shape index (κ3) is 6.61. The average Bonchev–Trinajstić information content (AvgIpc) is 2.49. The monoisotopic (exact) mass is 285 g/mol. The quantitative estimate of drug-likeness (QED) is 0.665. The number of allylic oxidation sites excluding steroid dienone is 1. The maximum absolute atomic E-state index is 11.8. The van der Waals surface area contributed by atoms with Gasteiger partial charge in [0.15, 0.2) is 0 Å². The first-order valence-corrected chi connectivity index (χ1v) is 8.41. The summed E-state index contributed by atoms with van der Waals surface area (Å²) in [7, 11) is 0. The summed E-state index contributed by atoms with van der Waals surface area (Å²) in [5, 5.41) is 2.98. The Morgan fingerprint density at radius 2 is 1.38 bits per heavy atom. The van der Waals surface area contributed by atoms with E-state index in [2.05, 4.69) is 29.6 Å². The Kier molecular flexibility index (Phi) is 7.06. The molecule has 1 N–H and O–H groups in total. The van der Waals surface area contributed by atoms with E-state index in [1.54, 1.807) is 0 Å². The Hall–Kier alpha value is -1.57. The second-order valence-electron chi connectivity index (χ2n) is 5.94. The van der Waals surface area contributed by atoms with E-state index in [4.69, 9.17) is 0 Å². The van der Waals surface area contributed by atoms with Crippen molar-refractivity contribution in [3.63, 3.8) is 0 Å². The Morgan fingerprint density at radius 3 is 2.10 bits per heavy atom.